The first-order valence-corrected chi connectivity index (χ1v) is 10.7. The molecule has 2 atom stereocenters. The van der Waals surface area contributed by atoms with Crippen LogP contribution in [-0.4, -0.2) is 47.0 Å². The Morgan fingerprint density at radius 2 is 1.82 bits per heavy atom. The molecule has 2 N–H and O–H groups in total. The van der Waals surface area contributed by atoms with Gasteiger partial charge < -0.3 is 15.2 Å². The van der Waals surface area contributed by atoms with Gasteiger partial charge in [-0.15, -0.1) is 0 Å². The highest BCUT2D eigenvalue weighted by molar-refractivity contribution is 5.92. The lowest BCUT2D eigenvalue weighted by atomic mass is 9.83. The molecule has 0 saturated heterocycles. The van der Waals surface area contributed by atoms with Gasteiger partial charge in [0.2, 0.25) is 0 Å². The summed E-state index contributed by atoms with van der Waals surface area (Å²) >= 11 is 0. The molecule has 0 aliphatic carbocycles. The van der Waals surface area contributed by atoms with E-state index in [0.717, 1.165) is 10.5 Å². The van der Waals surface area contributed by atoms with Gasteiger partial charge in [0.05, 0.1) is 0 Å². The molecular formula is C25H33N3O5. The van der Waals surface area contributed by atoms with Crippen LogP contribution in [0.5, 0.6) is 0 Å². The predicted molar refractivity (Wildman–Crippen MR) is 124 cm³/mol. The largest absolute Gasteiger partial charge is 0.445 e. The van der Waals surface area contributed by atoms with Gasteiger partial charge >= 0.3 is 18.0 Å². The number of carbonyl (C=O) groups excluding carboxylic acids is 3. The Balaban J connectivity index is 2.14. The standard InChI is InChI=1S/C25H33N3O5/c1-5-25(2,3)15-21(28(4)24(31)32-17-18-10-7-6-8-11-18)23(30)33-22(29)20(26)14-19-12-9-13-27-16-19/h6-13,16,20-21H,5,14-15,17,26H2,1-4H3/t20-,21-/m0/s1/i2D,3D. The van der Waals surface area contributed by atoms with E-state index in [2.05, 4.69) is 4.98 Å². The number of hydrogen-bond donors (Lipinski definition) is 1. The van der Waals surface area contributed by atoms with Crippen LogP contribution in [0.4, 0.5) is 4.79 Å². The molecule has 1 heterocycles. The van der Waals surface area contributed by atoms with Gasteiger partial charge in [0.1, 0.15) is 18.7 Å². The van der Waals surface area contributed by atoms with E-state index in [9.17, 15) is 14.4 Å². The van der Waals surface area contributed by atoms with Crippen LogP contribution >= 0.6 is 0 Å². The molecule has 0 fully saturated rings. The number of rotatable bonds is 10. The summed E-state index contributed by atoms with van der Waals surface area (Å²) in [7, 11) is 1.37. The summed E-state index contributed by atoms with van der Waals surface area (Å²) in [5, 5.41) is 0. The summed E-state index contributed by atoms with van der Waals surface area (Å²) in [5.74, 6) is -1.91. The van der Waals surface area contributed by atoms with Crippen molar-refractivity contribution in [2.45, 2.75) is 58.7 Å². The van der Waals surface area contributed by atoms with Gasteiger partial charge in [0, 0.05) is 22.2 Å². The average molecular weight is 458 g/mol. The Morgan fingerprint density at radius 1 is 1.12 bits per heavy atom. The topological polar surface area (TPSA) is 112 Å². The first kappa shape index (κ1) is 22.9. The van der Waals surface area contributed by atoms with E-state index >= 15 is 0 Å². The zero-order chi connectivity index (χ0) is 25.8. The van der Waals surface area contributed by atoms with Gasteiger partial charge in [0.25, 0.3) is 0 Å². The van der Waals surface area contributed by atoms with Gasteiger partial charge in [0.15, 0.2) is 0 Å². The van der Waals surface area contributed by atoms with Gasteiger partial charge in [-0.3, -0.25) is 9.88 Å². The molecule has 1 aromatic carbocycles. The zero-order valence-electron chi connectivity index (χ0n) is 21.1. The van der Waals surface area contributed by atoms with Crippen LogP contribution in [0.2, 0.25) is 0 Å². The fourth-order valence-corrected chi connectivity index (χ4v) is 2.98. The highest BCUT2D eigenvalue weighted by atomic mass is 16.6. The van der Waals surface area contributed by atoms with Gasteiger partial charge in [-0.2, -0.15) is 0 Å². The molecule has 33 heavy (non-hydrogen) atoms. The van der Waals surface area contributed by atoms with Crippen LogP contribution < -0.4 is 5.73 Å². The minimum Gasteiger partial charge on any atom is -0.445 e. The lowest BCUT2D eigenvalue weighted by Crippen LogP contribution is -2.47. The van der Waals surface area contributed by atoms with Crippen LogP contribution in [0.3, 0.4) is 0 Å². The number of amides is 1. The molecule has 8 heteroatoms. The van der Waals surface area contributed by atoms with E-state index < -0.39 is 35.5 Å². The highest BCUT2D eigenvalue weighted by Crippen LogP contribution is 2.29. The van der Waals surface area contributed by atoms with Crippen molar-refractivity contribution >= 4 is 18.0 Å². The number of carbonyl (C=O) groups is 3. The third kappa shape index (κ3) is 8.31. The van der Waals surface area contributed by atoms with Crippen molar-refractivity contribution in [3.05, 3.63) is 66.0 Å². The van der Waals surface area contributed by atoms with Crippen LogP contribution in [0.25, 0.3) is 0 Å². The molecule has 1 amide bonds. The first-order valence-electron chi connectivity index (χ1n) is 12.1. The van der Waals surface area contributed by atoms with E-state index in [1.807, 2.05) is 25.1 Å². The van der Waals surface area contributed by atoms with Crippen molar-refractivity contribution in [2.75, 3.05) is 7.05 Å². The molecular weight excluding hydrogens is 422 g/mol. The molecule has 0 radical (unpaired) electrons. The molecule has 0 saturated carbocycles. The molecule has 0 bridgehead atoms. The van der Waals surface area contributed by atoms with E-state index in [0.29, 0.717) is 12.0 Å². The summed E-state index contributed by atoms with van der Waals surface area (Å²) in [5.41, 5.74) is 6.54. The number of hydrogen-bond acceptors (Lipinski definition) is 7. The predicted octanol–water partition coefficient (Wildman–Crippen LogP) is 3.48. The second-order valence-electron chi connectivity index (χ2n) is 8.14. The number of likely N-dealkylation sites (N-methyl/N-ethyl adjacent to an activating group) is 1. The van der Waals surface area contributed by atoms with E-state index in [4.69, 9.17) is 17.9 Å². The maximum atomic E-state index is 13.1. The molecule has 2 aromatic rings. The third-order valence-corrected chi connectivity index (χ3v) is 5.29. The van der Waals surface area contributed by atoms with Crippen LogP contribution in [0.1, 0.15) is 47.4 Å². The van der Waals surface area contributed by atoms with Crippen LogP contribution in [-0.2, 0) is 32.1 Å². The smallest absolute Gasteiger partial charge is 0.410 e. The lowest BCUT2D eigenvalue weighted by Gasteiger charge is -2.32. The molecule has 178 valence electrons. The summed E-state index contributed by atoms with van der Waals surface area (Å²) < 4.78 is 26.2. The molecule has 2 rings (SSSR count). The number of nitrogens with zero attached hydrogens (tertiary/aromatic N) is 2. The normalized spacial score (nSPS) is 13.8. The number of benzene rings is 1. The molecule has 1 aromatic heterocycles. The fraction of sp³-hybridized carbons (Fsp3) is 0.440. The third-order valence-electron chi connectivity index (χ3n) is 5.29. The van der Waals surface area contributed by atoms with Crippen molar-refractivity contribution < 1.29 is 26.6 Å². The van der Waals surface area contributed by atoms with Crippen LogP contribution in [0, 0.1) is 5.41 Å². The maximum absolute atomic E-state index is 13.1. The Hall–Kier alpha value is -3.26. The quantitative estimate of drug-likeness (QED) is 0.429. The van der Waals surface area contributed by atoms with E-state index in [1.54, 1.807) is 36.7 Å². The summed E-state index contributed by atoms with van der Waals surface area (Å²) in [6.07, 6.45) is 2.89. The number of aromatic nitrogens is 1. The summed E-state index contributed by atoms with van der Waals surface area (Å²) in [4.78, 5) is 43.4. The second kappa shape index (κ2) is 12.1. The highest BCUT2D eigenvalue weighted by Gasteiger charge is 2.36. The SMILES string of the molecule is [2H]CC(C[2H])(CC)C[C@@H](C(=O)OC(=O)[C@@H](N)Cc1cccnc1)N(C)C(=O)OCc1ccccc1. The van der Waals surface area contributed by atoms with Gasteiger partial charge in [-0.05, 0) is 35.4 Å². The van der Waals surface area contributed by atoms with E-state index in [-0.39, 0.29) is 33.2 Å². The van der Waals surface area contributed by atoms with Crippen molar-refractivity contribution in [3.63, 3.8) is 0 Å². The van der Waals surface area contributed by atoms with Crippen LogP contribution in [0.15, 0.2) is 54.9 Å². The van der Waals surface area contributed by atoms with Crippen molar-refractivity contribution in [1.82, 2.24) is 9.88 Å². The lowest BCUT2D eigenvalue weighted by molar-refractivity contribution is -0.164. The second-order valence-corrected chi connectivity index (χ2v) is 8.14. The Kier molecular flexibility index (Phi) is 8.41. The number of ether oxygens (including phenoxy) is 2. The Morgan fingerprint density at radius 3 is 2.42 bits per heavy atom. The Bertz CT molecular complexity index is 950. The molecule has 0 aliphatic heterocycles. The van der Waals surface area contributed by atoms with Gasteiger partial charge in [-0.1, -0.05) is 63.5 Å². The zero-order valence-corrected chi connectivity index (χ0v) is 19.1. The molecule has 0 spiro atoms. The van der Waals surface area contributed by atoms with Crippen molar-refractivity contribution in [2.24, 2.45) is 11.1 Å². The summed E-state index contributed by atoms with van der Waals surface area (Å²) in [6, 6.07) is 10.2. The minimum absolute atomic E-state index is 0.00347. The van der Waals surface area contributed by atoms with Crippen molar-refractivity contribution in [3.8, 4) is 0 Å². The van der Waals surface area contributed by atoms with Crippen molar-refractivity contribution in [1.29, 1.82) is 0 Å². The number of pyridine rings is 1. The molecule has 8 nitrogen and oxygen atoms in total. The molecule has 0 aliphatic rings. The van der Waals surface area contributed by atoms with E-state index in [1.165, 1.54) is 7.05 Å². The Labute approximate surface area is 197 Å². The molecule has 0 unspecified atom stereocenters. The first-order chi connectivity index (χ1) is 16.7. The number of nitrogens with two attached hydrogens (primary N) is 1. The maximum Gasteiger partial charge on any atom is 0.410 e. The number of esters is 2. The minimum atomic E-state index is -1.23. The average Bonchev–Trinajstić information content (AvgIpc) is 2.89. The summed E-state index contributed by atoms with van der Waals surface area (Å²) in [6.45, 7) is 1.56. The fourth-order valence-electron chi connectivity index (χ4n) is 2.98. The van der Waals surface area contributed by atoms with Gasteiger partial charge in [-0.25, -0.2) is 14.4 Å². The monoisotopic (exact) mass is 457 g/mol.